The van der Waals surface area contributed by atoms with Crippen LogP contribution in [0.2, 0.25) is 0 Å². The second-order valence-corrected chi connectivity index (χ2v) is 8.76. The molecule has 2 aliphatic heterocycles. The molecule has 7 heteroatoms. The van der Waals surface area contributed by atoms with E-state index in [9.17, 15) is 9.59 Å². The molecule has 2 saturated heterocycles. The Morgan fingerprint density at radius 2 is 2.04 bits per heavy atom. The van der Waals surface area contributed by atoms with Crippen molar-refractivity contribution in [1.29, 1.82) is 0 Å². The number of morpholine rings is 1. The van der Waals surface area contributed by atoms with Gasteiger partial charge in [0, 0.05) is 38.5 Å². The molecular weight excluding hydrogens is 362 g/mol. The molecule has 0 bridgehead atoms. The van der Waals surface area contributed by atoms with Crippen molar-refractivity contribution in [2.75, 3.05) is 39.4 Å². The van der Waals surface area contributed by atoms with Crippen LogP contribution in [0.15, 0.2) is 16.8 Å². The summed E-state index contributed by atoms with van der Waals surface area (Å²) in [5.74, 6) is 0.206. The highest BCUT2D eigenvalue weighted by Gasteiger charge is 2.57. The van der Waals surface area contributed by atoms with Crippen LogP contribution < -0.4 is 5.32 Å². The van der Waals surface area contributed by atoms with Crippen LogP contribution in [0.1, 0.15) is 37.7 Å². The minimum atomic E-state index is 0.0782. The molecule has 1 saturated carbocycles. The van der Waals surface area contributed by atoms with E-state index in [-0.39, 0.29) is 11.8 Å². The summed E-state index contributed by atoms with van der Waals surface area (Å²) in [7, 11) is 0. The molecule has 4 rings (SSSR count). The third kappa shape index (κ3) is 4.36. The predicted molar refractivity (Wildman–Crippen MR) is 104 cm³/mol. The first-order valence-corrected chi connectivity index (χ1v) is 11.0. The van der Waals surface area contributed by atoms with E-state index in [0.717, 1.165) is 32.4 Å². The van der Waals surface area contributed by atoms with Gasteiger partial charge in [-0.15, -0.1) is 0 Å². The molecule has 1 aliphatic carbocycles. The van der Waals surface area contributed by atoms with Crippen LogP contribution in [0.3, 0.4) is 0 Å². The molecule has 3 heterocycles. The zero-order chi connectivity index (χ0) is 18.7. The Bertz CT molecular complexity index is 651. The Kier molecular flexibility index (Phi) is 5.80. The van der Waals surface area contributed by atoms with Crippen LogP contribution in [0.25, 0.3) is 0 Å². The van der Waals surface area contributed by atoms with Gasteiger partial charge in [0.2, 0.25) is 11.8 Å². The molecule has 3 aliphatic rings. The van der Waals surface area contributed by atoms with Gasteiger partial charge in [-0.3, -0.25) is 9.59 Å². The lowest BCUT2D eigenvalue weighted by Gasteiger charge is -2.30. The summed E-state index contributed by atoms with van der Waals surface area (Å²) in [4.78, 5) is 29.4. The number of carbonyl (C=O) groups excluding carboxylic acids is 2. The molecule has 1 aromatic heterocycles. The van der Waals surface area contributed by atoms with Gasteiger partial charge >= 0.3 is 0 Å². The molecule has 1 N–H and O–H groups in total. The highest BCUT2D eigenvalue weighted by molar-refractivity contribution is 7.07. The lowest BCUT2D eigenvalue weighted by Crippen LogP contribution is -2.42. The van der Waals surface area contributed by atoms with Crippen molar-refractivity contribution >= 4 is 23.2 Å². The molecule has 27 heavy (non-hydrogen) atoms. The van der Waals surface area contributed by atoms with Crippen molar-refractivity contribution in [2.24, 2.45) is 5.41 Å². The van der Waals surface area contributed by atoms with E-state index in [4.69, 9.17) is 4.74 Å². The van der Waals surface area contributed by atoms with Gasteiger partial charge in [0.15, 0.2) is 0 Å². The molecule has 3 fully saturated rings. The molecule has 2 amide bonds. The van der Waals surface area contributed by atoms with Gasteiger partial charge in [-0.25, -0.2) is 0 Å². The van der Waals surface area contributed by atoms with Gasteiger partial charge in [0.1, 0.15) is 0 Å². The molecule has 148 valence electrons. The zero-order valence-electron chi connectivity index (χ0n) is 15.8. The number of carbonyl (C=O) groups is 2. The molecule has 0 aromatic carbocycles. The quantitative estimate of drug-likeness (QED) is 0.804. The van der Waals surface area contributed by atoms with E-state index in [0.29, 0.717) is 57.1 Å². The maximum Gasteiger partial charge on any atom is 0.223 e. The number of piperidine rings is 1. The largest absolute Gasteiger partial charge is 0.378 e. The maximum absolute atomic E-state index is 13.1. The summed E-state index contributed by atoms with van der Waals surface area (Å²) in [6.07, 6.45) is 4.03. The molecule has 1 atom stereocenters. The summed E-state index contributed by atoms with van der Waals surface area (Å²) in [5.41, 5.74) is 1.51. The van der Waals surface area contributed by atoms with Gasteiger partial charge in [-0.1, -0.05) is 0 Å². The zero-order valence-corrected chi connectivity index (χ0v) is 16.6. The first-order chi connectivity index (χ1) is 13.2. The van der Waals surface area contributed by atoms with Crippen LogP contribution in [-0.2, 0) is 20.9 Å². The number of thiophene rings is 1. The van der Waals surface area contributed by atoms with Gasteiger partial charge < -0.3 is 19.9 Å². The second kappa shape index (κ2) is 8.29. The molecule has 1 spiro atoms. The van der Waals surface area contributed by atoms with Gasteiger partial charge in [-0.05, 0) is 60.2 Å². The molecular formula is C20H29N3O3S. The van der Waals surface area contributed by atoms with Crippen molar-refractivity contribution in [1.82, 2.24) is 15.1 Å². The Morgan fingerprint density at radius 3 is 2.74 bits per heavy atom. The van der Waals surface area contributed by atoms with Crippen LogP contribution in [0.4, 0.5) is 0 Å². The Hall–Kier alpha value is -1.44. The Balaban J connectivity index is 1.37. The maximum atomic E-state index is 13.1. The lowest BCUT2D eigenvalue weighted by atomic mass is 9.93. The van der Waals surface area contributed by atoms with Crippen LogP contribution in [0, 0.1) is 5.41 Å². The summed E-state index contributed by atoms with van der Waals surface area (Å²) in [6, 6.07) is 2.44. The third-order valence-electron chi connectivity index (χ3n) is 6.29. The lowest BCUT2D eigenvalue weighted by molar-refractivity contribution is -0.140. The van der Waals surface area contributed by atoms with Crippen LogP contribution in [-0.4, -0.2) is 67.0 Å². The number of rotatable bonds is 6. The monoisotopic (exact) mass is 391 g/mol. The first-order valence-electron chi connectivity index (χ1n) is 10.0. The van der Waals surface area contributed by atoms with E-state index in [2.05, 4.69) is 27.0 Å². The van der Waals surface area contributed by atoms with Crippen molar-refractivity contribution in [3.8, 4) is 0 Å². The third-order valence-corrected chi connectivity index (χ3v) is 7.02. The Labute approximate surface area is 164 Å². The minimum absolute atomic E-state index is 0.0782. The first kappa shape index (κ1) is 18.9. The summed E-state index contributed by atoms with van der Waals surface area (Å²) < 4.78 is 5.30. The number of nitrogens with zero attached hydrogens (tertiary/aromatic N) is 2. The SMILES string of the molecule is O=C(CCC(=O)N(Cc1ccsc1)C1CC12CCNCC2)N1CCOCC1. The van der Waals surface area contributed by atoms with Crippen LogP contribution >= 0.6 is 11.3 Å². The van der Waals surface area contributed by atoms with E-state index in [1.165, 1.54) is 5.56 Å². The number of nitrogens with one attached hydrogen (secondary N) is 1. The minimum Gasteiger partial charge on any atom is -0.378 e. The smallest absolute Gasteiger partial charge is 0.223 e. The van der Waals surface area contributed by atoms with Gasteiger partial charge in [-0.2, -0.15) is 11.3 Å². The van der Waals surface area contributed by atoms with E-state index in [1.54, 1.807) is 11.3 Å². The summed E-state index contributed by atoms with van der Waals surface area (Å²) in [5, 5.41) is 7.61. The summed E-state index contributed by atoms with van der Waals surface area (Å²) in [6.45, 7) is 5.26. The van der Waals surface area contributed by atoms with Gasteiger partial charge in [0.25, 0.3) is 0 Å². The fourth-order valence-corrected chi connectivity index (χ4v) is 5.17. The highest BCUT2D eigenvalue weighted by atomic mass is 32.1. The van der Waals surface area contributed by atoms with E-state index >= 15 is 0 Å². The Morgan fingerprint density at radius 1 is 1.26 bits per heavy atom. The highest BCUT2D eigenvalue weighted by Crippen LogP contribution is 2.56. The topological polar surface area (TPSA) is 61.9 Å². The molecule has 1 aromatic rings. The van der Waals surface area contributed by atoms with Crippen molar-refractivity contribution in [3.05, 3.63) is 22.4 Å². The number of amides is 2. The average Bonchev–Trinajstić information content (AvgIpc) is 3.14. The van der Waals surface area contributed by atoms with Crippen molar-refractivity contribution in [3.63, 3.8) is 0 Å². The van der Waals surface area contributed by atoms with E-state index < -0.39 is 0 Å². The number of ether oxygens (including phenoxy) is 1. The number of hydrogen-bond donors (Lipinski definition) is 1. The normalized spacial score (nSPS) is 24.0. The van der Waals surface area contributed by atoms with Crippen LogP contribution in [0.5, 0.6) is 0 Å². The fourth-order valence-electron chi connectivity index (χ4n) is 4.51. The van der Waals surface area contributed by atoms with Crippen molar-refractivity contribution in [2.45, 2.75) is 44.7 Å². The predicted octanol–water partition coefficient (Wildman–Crippen LogP) is 1.86. The van der Waals surface area contributed by atoms with E-state index in [1.807, 2.05) is 4.90 Å². The average molecular weight is 392 g/mol. The molecule has 1 unspecified atom stereocenters. The fraction of sp³-hybridized carbons (Fsp3) is 0.700. The number of hydrogen-bond acceptors (Lipinski definition) is 5. The van der Waals surface area contributed by atoms with Gasteiger partial charge in [0.05, 0.1) is 13.2 Å². The second-order valence-electron chi connectivity index (χ2n) is 7.98. The standard InChI is InChI=1S/C20H29N3O3S/c24-18(22-8-10-26-11-9-22)1-2-19(25)23(14-16-3-12-27-15-16)17-13-20(17)4-6-21-7-5-20/h3,12,15,17,21H,1-2,4-11,13-14H2. The summed E-state index contributed by atoms with van der Waals surface area (Å²) >= 11 is 1.67. The van der Waals surface area contributed by atoms with Crippen molar-refractivity contribution < 1.29 is 14.3 Å². The molecule has 6 nitrogen and oxygen atoms in total. The molecule has 0 radical (unpaired) electrons.